The number of aliphatic hydroxyl groups excluding tert-OH is 1. The highest BCUT2D eigenvalue weighted by molar-refractivity contribution is 6.10. The van der Waals surface area contributed by atoms with Crippen LogP contribution in [0.1, 0.15) is 82.0 Å². The van der Waals surface area contributed by atoms with Gasteiger partial charge in [0.15, 0.2) is 5.78 Å². The van der Waals surface area contributed by atoms with Crippen LogP contribution in [0.4, 0.5) is 4.79 Å². The number of benzene rings is 1. The van der Waals surface area contributed by atoms with Gasteiger partial charge in [-0.15, -0.1) is 0 Å². The van der Waals surface area contributed by atoms with E-state index in [4.69, 9.17) is 9.47 Å². The number of ether oxygens (including phenoxy) is 2. The summed E-state index contributed by atoms with van der Waals surface area (Å²) in [7, 11) is 0. The first-order chi connectivity index (χ1) is 19.7. The zero-order valence-electron chi connectivity index (χ0n) is 24.4. The van der Waals surface area contributed by atoms with Gasteiger partial charge < -0.3 is 19.5 Å². The van der Waals surface area contributed by atoms with Crippen LogP contribution < -0.4 is 0 Å². The first-order valence-corrected chi connectivity index (χ1v) is 16.0. The van der Waals surface area contributed by atoms with Gasteiger partial charge in [-0.3, -0.25) is 4.79 Å². The number of Topliss-reactive ketones (excluding diaryl/α,β-unsaturated/α-hetero) is 1. The van der Waals surface area contributed by atoms with Crippen molar-refractivity contribution in [3.05, 3.63) is 59.7 Å². The number of allylic oxidation sites excluding steroid dienone is 4. The molecule has 1 aromatic carbocycles. The molecule has 2 aliphatic heterocycles. The van der Waals surface area contributed by atoms with Gasteiger partial charge >= 0.3 is 6.09 Å². The summed E-state index contributed by atoms with van der Waals surface area (Å²) in [6.07, 6.45) is 14.9. The third-order valence-electron chi connectivity index (χ3n) is 13.4. The molecule has 2 bridgehead atoms. The lowest BCUT2D eigenvalue weighted by Crippen LogP contribution is -2.67. The second kappa shape index (κ2) is 8.57. The second-order valence-electron chi connectivity index (χ2n) is 14.9. The average Bonchev–Trinajstić information content (AvgIpc) is 3.67. The molecule has 5 fully saturated rings. The van der Waals surface area contributed by atoms with Crippen molar-refractivity contribution in [3.63, 3.8) is 0 Å². The molecule has 3 spiro atoms. The number of carbonyl (C=O) groups excluding carboxylic acids is 2. The van der Waals surface area contributed by atoms with E-state index < -0.39 is 11.0 Å². The van der Waals surface area contributed by atoms with E-state index in [2.05, 4.69) is 32.1 Å². The molecule has 6 aliphatic carbocycles. The molecular formula is C35H43NO5. The van der Waals surface area contributed by atoms with Crippen LogP contribution in [-0.2, 0) is 9.47 Å². The van der Waals surface area contributed by atoms with Crippen molar-refractivity contribution >= 4 is 11.9 Å². The van der Waals surface area contributed by atoms with E-state index in [0.29, 0.717) is 25.4 Å². The van der Waals surface area contributed by atoms with E-state index in [1.807, 2.05) is 35.2 Å². The summed E-state index contributed by atoms with van der Waals surface area (Å²) < 4.78 is 12.4. The molecule has 0 unspecified atom stereocenters. The normalized spacial score (nSPS) is 47.6. The maximum absolute atomic E-state index is 14.5. The van der Waals surface area contributed by atoms with Crippen molar-refractivity contribution in [2.45, 2.75) is 89.4 Å². The van der Waals surface area contributed by atoms with Crippen LogP contribution in [0.15, 0.2) is 54.1 Å². The number of rotatable bonds is 4. The first-order valence-electron chi connectivity index (χ1n) is 16.0. The monoisotopic (exact) mass is 557 g/mol. The van der Waals surface area contributed by atoms with E-state index in [1.54, 1.807) is 0 Å². The van der Waals surface area contributed by atoms with Gasteiger partial charge in [-0.05, 0) is 75.0 Å². The molecule has 9 atom stereocenters. The van der Waals surface area contributed by atoms with E-state index in [0.717, 1.165) is 69.1 Å². The van der Waals surface area contributed by atoms with E-state index in [1.165, 1.54) is 0 Å². The Bertz CT molecular complexity index is 1350. The second-order valence-corrected chi connectivity index (χ2v) is 14.9. The summed E-state index contributed by atoms with van der Waals surface area (Å²) in [5.74, 6) is 0.630. The number of amides is 1. The molecule has 41 heavy (non-hydrogen) atoms. The number of hydrogen-bond acceptors (Lipinski definition) is 5. The van der Waals surface area contributed by atoms with Crippen molar-refractivity contribution in [3.8, 4) is 0 Å². The molecular weight excluding hydrogens is 514 g/mol. The lowest BCUT2D eigenvalue weighted by Gasteiger charge is -2.71. The molecule has 1 amide bonds. The average molecular weight is 558 g/mol. The molecule has 3 saturated carbocycles. The Hall–Kier alpha value is -2.44. The number of ketones is 1. The van der Waals surface area contributed by atoms with Crippen molar-refractivity contribution in [1.82, 2.24) is 4.90 Å². The first kappa shape index (κ1) is 26.2. The number of aliphatic hydroxyl groups is 1. The standard InChI is InChI=1S/C35H43NO5/c1-31-13-10-24(37)19-33(31)16-17-35(26(20-33)29(38)23-7-4-3-5-8-23)27(31)11-14-32(2)28(35)12-15-34(32)22-36(30(39)41-34)21-25-9-6-18-40-25/h3-5,7-8,16-17,20,24-25,27-28,37H,6,9-15,18-19,21-22H2,1-2H3/t24-,25+,27+,28+,31+,32-,33-,34+,35-/m0/s1. The molecule has 6 nitrogen and oxygen atoms in total. The summed E-state index contributed by atoms with van der Waals surface area (Å²) in [6, 6.07) is 9.73. The third-order valence-corrected chi connectivity index (χ3v) is 13.4. The summed E-state index contributed by atoms with van der Waals surface area (Å²) >= 11 is 0. The van der Waals surface area contributed by atoms with Crippen molar-refractivity contribution in [1.29, 1.82) is 0 Å². The maximum atomic E-state index is 14.5. The van der Waals surface area contributed by atoms with Crippen LogP contribution in [0.3, 0.4) is 0 Å². The van der Waals surface area contributed by atoms with Gasteiger partial charge in [0.05, 0.1) is 25.3 Å². The maximum Gasteiger partial charge on any atom is 0.410 e. The fourth-order valence-corrected chi connectivity index (χ4v) is 11.3. The fraction of sp³-hybridized carbons (Fsp3) is 0.657. The van der Waals surface area contributed by atoms with Crippen LogP contribution in [0.25, 0.3) is 0 Å². The highest BCUT2D eigenvalue weighted by Gasteiger charge is 2.76. The molecule has 9 rings (SSSR count). The molecule has 8 aliphatic rings. The van der Waals surface area contributed by atoms with Gasteiger partial charge in [0, 0.05) is 34.0 Å². The molecule has 1 aromatic rings. The summed E-state index contributed by atoms with van der Waals surface area (Å²) in [5, 5.41) is 10.9. The van der Waals surface area contributed by atoms with Gasteiger partial charge in [0.1, 0.15) is 5.60 Å². The Morgan fingerprint density at radius 1 is 1.00 bits per heavy atom. The lowest BCUT2D eigenvalue weighted by molar-refractivity contribution is -0.164. The minimum Gasteiger partial charge on any atom is -0.440 e. The Balaban J connectivity index is 1.23. The molecule has 0 aromatic heterocycles. The van der Waals surface area contributed by atoms with Crippen LogP contribution in [0.5, 0.6) is 0 Å². The summed E-state index contributed by atoms with van der Waals surface area (Å²) in [4.78, 5) is 29.8. The van der Waals surface area contributed by atoms with E-state index in [9.17, 15) is 14.7 Å². The number of fused-ring (bicyclic) bond motifs is 2. The van der Waals surface area contributed by atoms with E-state index in [-0.39, 0.29) is 46.2 Å². The SMILES string of the molecule is C[C@]12CC[C@H]3[C@@]4(C=C[C@@]5(C=C4C(=O)c4ccccc4)C[C@@H](O)CC[C@]35C)[C@@H]1CC[C@@]21CN(C[C@H]2CCCO2)C(=O)O1. The predicted molar refractivity (Wildman–Crippen MR) is 154 cm³/mol. The minimum absolute atomic E-state index is 0.0171. The number of nitrogens with zero attached hydrogens (tertiary/aromatic N) is 1. The van der Waals surface area contributed by atoms with Gasteiger partial charge in [0.2, 0.25) is 0 Å². The zero-order valence-corrected chi connectivity index (χ0v) is 24.4. The van der Waals surface area contributed by atoms with Crippen LogP contribution in [0, 0.1) is 33.5 Å². The van der Waals surface area contributed by atoms with Crippen LogP contribution in [-0.4, -0.2) is 59.4 Å². The number of carbonyl (C=O) groups is 2. The fourth-order valence-electron chi connectivity index (χ4n) is 11.3. The predicted octanol–water partition coefficient (Wildman–Crippen LogP) is 6.10. The number of hydrogen-bond donors (Lipinski definition) is 1. The van der Waals surface area contributed by atoms with Gasteiger partial charge in [-0.2, -0.15) is 0 Å². The molecule has 6 heteroatoms. The van der Waals surface area contributed by atoms with Crippen LogP contribution >= 0.6 is 0 Å². The molecule has 0 radical (unpaired) electrons. The molecule has 2 heterocycles. The molecule has 218 valence electrons. The lowest BCUT2D eigenvalue weighted by atomic mass is 9.32. The smallest absolute Gasteiger partial charge is 0.410 e. The highest BCUT2D eigenvalue weighted by atomic mass is 16.6. The van der Waals surface area contributed by atoms with Crippen LogP contribution in [0.2, 0.25) is 0 Å². The van der Waals surface area contributed by atoms with Gasteiger partial charge in [0.25, 0.3) is 0 Å². The van der Waals surface area contributed by atoms with Gasteiger partial charge in [-0.25, -0.2) is 4.79 Å². The van der Waals surface area contributed by atoms with E-state index >= 15 is 0 Å². The van der Waals surface area contributed by atoms with Crippen molar-refractivity contribution < 1.29 is 24.2 Å². The van der Waals surface area contributed by atoms with Crippen molar-refractivity contribution in [2.75, 3.05) is 19.7 Å². The largest absolute Gasteiger partial charge is 0.440 e. The summed E-state index contributed by atoms with van der Waals surface area (Å²) in [5.41, 5.74) is 0.143. The topological polar surface area (TPSA) is 76.1 Å². The molecule has 2 saturated heterocycles. The summed E-state index contributed by atoms with van der Waals surface area (Å²) in [6.45, 7) is 6.79. The quantitative estimate of drug-likeness (QED) is 0.358. The van der Waals surface area contributed by atoms with Crippen molar-refractivity contribution in [2.24, 2.45) is 33.5 Å². The Labute approximate surface area is 243 Å². The minimum atomic E-state index is -0.544. The van der Waals surface area contributed by atoms with Gasteiger partial charge in [-0.1, -0.05) is 62.4 Å². The Morgan fingerprint density at radius 2 is 1.76 bits per heavy atom. The Morgan fingerprint density at radius 3 is 2.54 bits per heavy atom. The third kappa shape index (κ3) is 3.21. The molecule has 1 N–H and O–H groups in total. The zero-order chi connectivity index (χ0) is 28.3. The highest BCUT2D eigenvalue weighted by Crippen LogP contribution is 2.79. The Kier molecular flexibility index (Phi) is 5.47.